The maximum atomic E-state index is 12.4. The minimum Gasteiger partial charge on any atom is -0.408 e. The lowest BCUT2D eigenvalue weighted by atomic mass is 10.2. The number of carbonyl (C=O) groups excluding carboxylic acids is 1. The number of fused-ring (bicyclic) bond motifs is 2. The van der Waals surface area contributed by atoms with Gasteiger partial charge in [-0.15, -0.1) is 0 Å². The zero-order valence-corrected chi connectivity index (χ0v) is 12.3. The molecule has 0 aliphatic rings. The van der Waals surface area contributed by atoms with E-state index in [0.29, 0.717) is 22.5 Å². The van der Waals surface area contributed by atoms with Crippen molar-refractivity contribution in [3.05, 3.63) is 64.8 Å². The van der Waals surface area contributed by atoms with Crippen molar-refractivity contribution in [3.8, 4) is 0 Å². The van der Waals surface area contributed by atoms with Crippen LogP contribution in [0.3, 0.4) is 0 Å². The number of benzene rings is 2. The van der Waals surface area contributed by atoms with Crippen LogP contribution in [-0.4, -0.2) is 15.5 Å². The van der Waals surface area contributed by atoms with Crippen LogP contribution in [0.1, 0.15) is 10.5 Å². The number of H-pyrrole nitrogens is 1. The molecule has 2 aromatic carbocycles. The first kappa shape index (κ1) is 13.4. The normalized spacial score (nSPS) is 11.2. The van der Waals surface area contributed by atoms with E-state index in [1.165, 1.54) is 4.57 Å². The van der Waals surface area contributed by atoms with Crippen molar-refractivity contribution in [3.63, 3.8) is 0 Å². The lowest BCUT2D eigenvalue weighted by Crippen LogP contribution is -2.12. The third-order valence-corrected chi connectivity index (χ3v) is 3.82. The van der Waals surface area contributed by atoms with Crippen LogP contribution in [0.5, 0.6) is 0 Å². The van der Waals surface area contributed by atoms with Gasteiger partial charge >= 0.3 is 5.76 Å². The number of aromatic nitrogens is 2. The van der Waals surface area contributed by atoms with E-state index in [2.05, 4.69) is 10.3 Å². The fourth-order valence-corrected chi connectivity index (χ4v) is 2.61. The zero-order valence-electron chi connectivity index (χ0n) is 12.3. The Morgan fingerprint density at radius 1 is 1.17 bits per heavy atom. The molecule has 0 aliphatic heterocycles. The summed E-state index contributed by atoms with van der Waals surface area (Å²) in [4.78, 5) is 26.9. The summed E-state index contributed by atoms with van der Waals surface area (Å²) in [6, 6.07) is 14.6. The maximum Gasteiger partial charge on any atom is 0.419 e. The molecule has 2 N–H and O–H groups in total. The number of amides is 1. The van der Waals surface area contributed by atoms with Crippen LogP contribution in [0.4, 0.5) is 5.69 Å². The summed E-state index contributed by atoms with van der Waals surface area (Å²) in [7, 11) is 1.64. The molecule has 114 valence electrons. The molecule has 0 bridgehead atoms. The van der Waals surface area contributed by atoms with Gasteiger partial charge in [-0.25, -0.2) is 4.79 Å². The van der Waals surface area contributed by atoms with Gasteiger partial charge < -0.3 is 14.7 Å². The molecule has 1 amide bonds. The first-order chi connectivity index (χ1) is 11.1. The molecule has 0 fully saturated rings. The van der Waals surface area contributed by atoms with E-state index in [9.17, 15) is 9.59 Å². The van der Waals surface area contributed by atoms with Gasteiger partial charge in [-0.2, -0.15) is 0 Å². The van der Waals surface area contributed by atoms with Crippen molar-refractivity contribution in [2.24, 2.45) is 7.05 Å². The van der Waals surface area contributed by atoms with E-state index < -0.39 is 5.76 Å². The third kappa shape index (κ3) is 2.20. The number of anilines is 1. The Balaban J connectivity index is 1.66. The fourth-order valence-electron chi connectivity index (χ4n) is 2.61. The Bertz CT molecular complexity index is 1070. The molecule has 23 heavy (non-hydrogen) atoms. The van der Waals surface area contributed by atoms with Gasteiger partial charge in [0.05, 0.1) is 5.52 Å². The highest BCUT2D eigenvalue weighted by Gasteiger charge is 2.11. The average Bonchev–Trinajstić information content (AvgIpc) is 3.09. The molecule has 6 heteroatoms. The van der Waals surface area contributed by atoms with Gasteiger partial charge in [0.15, 0.2) is 5.58 Å². The molecule has 0 saturated heterocycles. The molecule has 2 aromatic heterocycles. The van der Waals surface area contributed by atoms with E-state index in [1.54, 1.807) is 31.3 Å². The minimum absolute atomic E-state index is 0.251. The Hall–Kier alpha value is -3.28. The number of aryl methyl sites for hydroxylation is 1. The van der Waals surface area contributed by atoms with E-state index >= 15 is 0 Å². The van der Waals surface area contributed by atoms with Crippen molar-refractivity contribution >= 4 is 33.6 Å². The van der Waals surface area contributed by atoms with Gasteiger partial charge in [-0.1, -0.05) is 18.2 Å². The highest BCUT2D eigenvalue weighted by molar-refractivity contribution is 6.06. The summed E-state index contributed by atoms with van der Waals surface area (Å²) < 4.78 is 6.54. The fraction of sp³-hybridized carbons (Fsp3) is 0.0588. The molecule has 0 radical (unpaired) electrons. The number of nitrogens with zero attached hydrogens (tertiary/aromatic N) is 1. The molecular formula is C17H13N3O3. The number of carbonyl (C=O) groups is 1. The zero-order chi connectivity index (χ0) is 16.0. The summed E-state index contributed by atoms with van der Waals surface area (Å²) in [5.74, 6) is -0.682. The predicted molar refractivity (Wildman–Crippen MR) is 87.7 cm³/mol. The number of hydrogen-bond acceptors (Lipinski definition) is 3. The summed E-state index contributed by atoms with van der Waals surface area (Å²) in [6.45, 7) is 0. The average molecular weight is 307 g/mol. The van der Waals surface area contributed by atoms with Crippen LogP contribution in [0.15, 0.2) is 57.7 Å². The number of oxazole rings is 1. The van der Waals surface area contributed by atoms with Crippen molar-refractivity contribution in [2.75, 3.05) is 5.32 Å². The summed E-state index contributed by atoms with van der Waals surface area (Å²) >= 11 is 0. The van der Waals surface area contributed by atoms with Gasteiger partial charge in [-0.05, 0) is 24.3 Å². The monoisotopic (exact) mass is 307 g/mol. The van der Waals surface area contributed by atoms with Crippen molar-refractivity contribution < 1.29 is 9.21 Å². The highest BCUT2D eigenvalue weighted by Crippen LogP contribution is 2.20. The Labute approximate surface area is 130 Å². The van der Waals surface area contributed by atoms with Gasteiger partial charge in [0, 0.05) is 29.7 Å². The van der Waals surface area contributed by atoms with E-state index in [-0.39, 0.29) is 5.91 Å². The molecule has 4 rings (SSSR count). The van der Waals surface area contributed by atoms with Crippen LogP contribution >= 0.6 is 0 Å². The second kappa shape index (κ2) is 4.88. The van der Waals surface area contributed by atoms with Gasteiger partial charge in [0.1, 0.15) is 5.69 Å². The maximum absolute atomic E-state index is 12.4. The smallest absolute Gasteiger partial charge is 0.408 e. The number of hydrogen-bond donors (Lipinski definition) is 2. The largest absolute Gasteiger partial charge is 0.419 e. The van der Waals surface area contributed by atoms with Gasteiger partial charge in [0.2, 0.25) is 0 Å². The molecule has 6 nitrogen and oxygen atoms in total. The van der Waals surface area contributed by atoms with E-state index in [0.717, 1.165) is 10.9 Å². The van der Waals surface area contributed by atoms with Crippen LogP contribution in [0.2, 0.25) is 0 Å². The van der Waals surface area contributed by atoms with Gasteiger partial charge in [0.25, 0.3) is 5.91 Å². The molecular weight excluding hydrogens is 294 g/mol. The summed E-state index contributed by atoms with van der Waals surface area (Å²) in [5, 5.41) is 3.77. The minimum atomic E-state index is -0.431. The SMILES string of the molecule is Cn1c(=O)oc2cc(NC(=O)c3cc4ccccc4[nH]3)ccc21. The van der Waals surface area contributed by atoms with Crippen LogP contribution in [-0.2, 0) is 7.05 Å². The number of rotatable bonds is 2. The van der Waals surface area contributed by atoms with Crippen LogP contribution < -0.4 is 11.1 Å². The highest BCUT2D eigenvalue weighted by atomic mass is 16.4. The lowest BCUT2D eigenvalue weighted by molar-refractivity contribution is 0.102. The van der Waals surface area contributed by atoms with Crippen LogP contribution in [0, 0.1) is 0 Å². The lowest BCUT2D eigenvalue weighted by Gasteiger charge is -2.03. The molecule has 2 heterocycles. The van der Waals surface area contributed by atoms with E-state index in [4.69, 9.17) is 4.42 Å². The molecule has 0 aliphatic carbocycles. The van der Waals surface area contributed by atoms with Crippen LogP contribution in [0.25, 0.3) is 22.0 Å². The second-order valence-electron chi connectivity index (χ2n) is 5.33. The molecule has 0 spiro atoms. The van der Waals surface area contributed by atoms with Crippen molar-refractivity contribution in [2.45, 2.75) is 0 Å². The first-order valence-corrected chi connectivity index (χ1v) is 7.10. The molecule has 0 saturated carbocycles. The topological polar surface area (TPSA) is 80.0 Å². The summed E-state index contributed by atoms with van der Waals surface area (Å²) in [5.41, 5.74) is 3.06. The number of nitrogens with one attached hydrogen (secondary N) is 2. The summed E-state index contributed by atoms with van der Waals surface area (Å²) in [6.07, 6.45) is 0. The standard InChI is InChI=1S/C17H13N3O3/c1-20-14-7-6-11(9-15(14)23-17(20)22)18-16(21)13-8-10-4-2-3-5-12(10)19-13/h2-9,19H,1H3,(H,18,21). The number of para-hydroxylation sites is 1. The molecule has 0 unspecified atom stereocenters. The van der Waals surface area contributed by atoms with E-state index in [1.807, 2.05) is 24.3 Å². The predicted octanol–water partition coefficient (Wildman–Crippen LogP) is 2.87. The second-order valence-corrected chi connectivity index (χ2v) is 5.33. The molecule has 0 atom stereocenters. The number of aromatic amines is 1. The Morgan fingerprint density at radius 2 is 2.00 bits per heavy atom. The van der Waals surface area contributed by atoms with Gasteiger partial charge in [-0.3, -0.25) is 9.36 Å². The first-order valence-electron chi connectivity index (χ1n) is 7.10. The Morgan fingerprint density at radius 3 is 2.83 bits per heavy atom. The Kier molecular flexibility index (Phi) is 2.84. The van der Waals surface area contributed by atoms with Crippen molar-refractivity contribution in [1.82, 2.24) is 9.55 Å². The molecule has 4 aromatic rings. The quantitative estimate of drug-likeness (QED) is 0.597. The third-order valence-electron chi connectivity index (χ3n) is 3.82. The van der Waals surface area contributed by atoms with Crippen molar-refractivity contribution in [1.29, 1.82) is 0 Å².